The Bertz CT molecular complexity index is 442. The average Bonchev–Trinajstić information content (AvgIpc) is 2.62. The monoisotopic (exact) mass is 318 g/mol. The zero-order valence-electron chi connectivity index (χ0n) is 14.3. The molecule has 1 aromatic rings. The van der Waals surface area contributed by atoms with E-state index >= 15 is 0 Å². The second-order valence-corrected chi connectivity index (χ2v) is 6.78. The van der Waals surface area contributed by atoms with Crippen molar-refractivity contribution in [3.8, 4) is 0 Å². The van der Waals surface area contributed by atoms with E-state index in [4.69, 9.17) is 4.74 Å². The lowest BCUT2D eigenvalue weighted by molar-refractivity contribution is 0.0194. The number of nitrogens with zero attached hydrogens (tertiary/aromatic N) is 3. The first-order chi connectivity index (χ1) is 11.3. The van der Waals surface area contributed by atoms with Crippen LogP contribution in [0.2, 0.25) is 0 Å². The van der Waals surface area contributed by atoms with Gasteiger partial charge in [0, 0.05) is 57.5 Å². The van der Waals surface area contributed by atoms with Gasteiger partial charge in [-0.05, 0) is 31.9 Å². The highest BCUT2D eigenvalue weighted by atomic mass is 16.5. The second-order valence-electron chi connectivity index (χ2n) is 6.78. The highest BCUT2D eigenvalue weighted by molar-refractivity contribution is 5.03. The van der Waals surface area contributed by atoms with Gasteiger partial charge in [0.25, 0.3) is 0 Å². The molecule has 0 aromatic carbocycles. The fraction of sp³-hybridized carbons (Fsp3) is 0.722. The van der Waals surface area contributed by atoms with Gasteiger partial charge in [-0.3, -0.25) is 14.8 Å². The Labute approximate surface area is 140 Å². The summed E-state index contributed by atoms with van der Waals surface area (Å²) in [5.74, 6) is 0. The zero-order chi connectivity index (χ0) is 15.9. The van der Waals surface area contributed by atoms with E-state index in [1.54, 1.807) is 0 Å². The summed E-state index contributed by atoms with van der Waals surface area (Å²) in [6, 6.07) is 7.44. The standard InChI is InChI=1S/C18H30N4O/c1-16(22-10-12-23-13-11-22)14-20-17-5-8-21(9-6-17)15-18-4-2-3-7-19-18/h2-4,7,16-17,20H,5-6,8-15H2,1H3/t16-/m1/s1. The third-order valence-electron chi connectivity index (χ3n) is 5.07. The van der Waals surface area contributed by atoms with E-state index in [9.17, 15) is 0 Å². The maximum absolute atomic E-state index is 5.43. The largest absolute Gasteiger partial charge is 0.379 e. The van der Waals surface area contributed by atoms with Crippen molar-refractivity contribution < 1.29 is 4.74 Å². The van der Waals surface area contributed by atoms with Crippen molar-refractivity contribution in [2.45, 2.75) is 38.4 Å². The highest BCUT2D eigenvalue weighted by Gasteiger charge is 2.21. The molecule has 1 N–H and O–H groups in total. The van der Waals surface area contributed by atoms with Gasteiger partial charge in [-0.2, -0.15) is 0 Å². The van der Waals surface area contributed by atoms with Gasteiger partial charge in [0.15, 0.2) is 0 Å². The van der Waals surface area contributed by atoms with Crippen molar-refractivity contribution >= 4 is 0 Å². The van der Waals surface area contributed by atoms with Gasteiger partial charge >= 0.3 is 0 Å². The maximum Gasteiger partial charge on any atom is 0.0594 e. The number of pyridine rings is 1. The molecule has 3 heterocycles. The molecule has 2 aliphatic rings. The number of nitrogens with one attached hydrogen (secondary N) is 1. The van der Waals surface area contributed by atoms with Crippen molar-refractivity contribution in [1.29, 1.82) is 0 Å². The molecule has 5 nitrogen and oxygen atoms in total. The molecule has 5 heteroatoms. The Kier molecular flexibility index (Phi) is 6.39. The van der Waals surface area contributed by atoms with E-state index in [-0.39, 0.29) is 0 Å². The molecule has 0 amide bonds. The van der Waals surface area contributed by atoms with Crippen molar-refractivity contribution in [1.82, 2.24) is 20.1 Å². The molecular weight excluding hydrogens is 288 g/mol. The molecule has 1 atom stereocenters. The molecule has 0 aliphatic carbocycles. The molecule has 1 aromatic heterocycles. The van der Waals surface area contributed by atoms with Crippen LogP contribution in [0.1, 0.15) is 25.5 Å². The fourth-order valence-corrected chi connectivity index (χ4v) is 3.50. The summed E-state index contributed by atoms with van der Waals surface area (Å²) in [5.41, 5.74) is 1.18. The first-order valence-corrected chi connectivity index (χ1v) is 8.99. The van der Waals surface area contributed by atoms with Crippen LogP contribution < -0.4 is 5.32 Å². The van der Waals surface area contributed by atoms with Gasteiger partial charge in [0.05, 0.1) is 18.9 Å². The van der Waals surface area contributed by atoms with E-state index in [2.05, 4.69) is 39.2 Å². The Morgan fingerprint density at radius 2 is 2.00 bits per heavy atom. The third kappa shape index (κ3) is 5.24. The molecule has 0 unspecified atom stereocenters. The van der Waals surface area contributed by atoms with Crippen molar-refractivity contribution in [2.24, 2.45) is 0 Å². The molecule has 128 valence electrons. The minimum Gasteiger partial charge on any atom is -0.379 e. The molecule has 23 heavy (non-hydrogen) atoms. The molecule has 0 radical (unpaired) electrons. The summed E-state index contributed by atoms with van der Waals surface area (Å²) in [6.07, 6.45) is 4.36. The van der Waals surface area contributed by atoms with E-state index in [1.165, 1.54) is 31.6 Å². The van der Waals surface area contributed by atoms with Crippen LogP contribution in [0.3, 0.4) is 0 Å². The van der Waals surface area contributed by atoms with Crippen LogP contribution in [0, 0.1) is 0 Å². The molecule has 0 saturated carbocycles. The number of ether oxygens (including phenoxy) is 1. The molecule has 2 fully saturated rings. The average molecular weight is 318 g/mol. The van der Waals surface area contributed by atoms with Crippen molar-refractivity contribution in [2.75, 3.05) is 45.9 Å². The van der Waals surface area contributed by atoms with Gasteiger partial charge < -0.3 is 10.1 Å². The van der Waals surface area contributed by atoms with Crippen LogP contribution in [0.25, 0.3) is 0 Å². The highest BCUT2D eigenvalue weighted by Crippen LogP contribution is 2.13. The first kappa shape index (κ1) is 16.8. The smallest absolute Gasteiger partial charge is 0.0594 e. The van der Waals surface area contributed by atoms with Gasteiger partial charge in [-0.15, -0.1) is 0 Å². The Morgan fingerprint density at radius 1 is 1.22 bits per heavy atom. The summed E-state index contributed by atoms with van der Waals surface area (Å²) in [5, 5.41) is 3.78. The van der Waals surface area contributed by atoms with Crippen LogP contribution in [0.4, 0.5) is 0 Å². The lowest BCUT2D eigenvalue weighted by Crippen LogP contribution is -2.49. The van der Waals surface area contributed by atoms with Crippen molar-refractivity contribution in [3.05, 3.63) is 30.1 Å². The number of piperidine rings is 1. The van der Waals surface area contributed by atoms with Crippen LogP contribution in [-0.4, -0.2) is 72.8 Å². The summed E-state index contributed by atoms with van der Waals surface area (Å²) >= 11 is 0. The van der Waals surface area contributed by atoms with E-state index in [0.717, 1.165) is 39.4 Å². The van der Waals surface area contributed by atoms with E-state index in [1.807, 2.05) is 12.3 Å². The normalized spacial score (nSPS) is 23.0. The summed E-state index contributed by atoms with van der Waals surface area (Å²) < 4.78 is 5.43. The number of hydrogen-bond donors (Lipinski definition) is 1. The van der Waals surface area contributed by atoms with Gasteiger partial charge in [0.2, 0.25) is 0 Å². The number of aromatic nitrogens is 1. The molecule has 3 rings (SSSR count). The van der Waals surface area contributed by atoms with Gasteiger partial charge in [-0.25, -0.2) is 0 Å². The number of rotatable bonds is 6. The topological polar surface area (TPSA) is 40.6 Å². The van der Waals surface area contributed by atoms with Crippen molar-refractivity contribution in [3.63, 3.8) is 0 Å². The summed E-state index contributed by atoms with van der Waals surface area (Å²) in [4.78, 5) is 9.48. The zero-order valence-corrected chi connectivity index (χ0v) is 14.3. The maximum atomic E-state index is 5.43. The molecule has 0 bridgehead atoms. The Balaban J connectivity index is 1.34. The molecule has 2 saturated heterocycles. The molecular formula is C18H30N4O. The molecule has 0 spiro atoms. The Morgan fingerprint density at radius 3 is 2.70 bits per heavy atom. The lowest BCUT2D eigenvalue weighted by atomic mass is 10.0. The quantitative estimate of drug-likeness (QED) is 0.857. The van der Waals surface area contributed by atoms with Crippen LogP contribution in [0.15, 0.2) is 24.4 Å². The summed E-state index contributed by atoms with van der Waals surface area (Å²) in [7, 11) is 0. The van der Waals surface area contributed by atoms with Crippen LogP contribution >= 0.6 is 0 Å². The SMILES string of the molecule is C[C@H](CNC1CCN(Cc2ccccn2)CC1)N1CCOCC1. The predicted octanol–water partition coefficient (Wildman–Crippen LogP) is 1.36. The number of morpholine rings is 1. The fourth-order valence-electron chi connectivity index (χ4n) is 3.50. The third-order valence-corrected chi connectivity index (χ3v) is 5.07. The van der Waals surface area contributed by atoms with Gasteiger partial charge in [0.1, 0.15) is 0 Å². The minimum atomic E-state index is 0.602. The molecule has 2 aliphatic heterocycles. The minimum absolute atomic E-state index is 0.602. The van der Waals surface area contributed by atoms with Crippen LogP contribution in [-0.2, 0) is 11.3 Å². The second kappa shape index (κ2) is 8.73. The predicted molar refractivity (Wildman–Crippen MR) is 92.4 cm³/mol. The number of hydrogen-bond acceptors (Lipinski definition) is 5. The lowest BCUT2D eigenvalue weighted by Gasteiger charge is -2.35. The van der Waals surface area contributed by atoms with Crippen LogP contribution in [0.5, 0.6) is 0 Å². The number of likely N-dealkylation sites (tertiary alicyclic amines) is 1. The van der Waals surface area contributed by atoms with Gasteiger partial charge in [-0.1, -0.05) is 6.07 Å². The Hall–Kier alpha value is -1.01. The summed E-state index contributed by atoms with van der Waals surface area (Å²) in [6.45, 7) is 10.7. The van der Waals surface area contributed by atoms with E-state index < -0.39 is 0 Å². The van der Waals surface area contributed by atoms with E-state index in [0.29, 0.717) is 12.1 Å². The first-order valence-electron chi connectivity index (χ1n) is 8.99.